The lowest BCUT2D eigenvalue weighted by Crippen LogP contribution is -2.54. The normalized spacial score (nSPS) is 25.8. The highest BCUT2D eigenvalue weighted by Crippen LogP contribution is 2.34. The van der Waals surface area contributed by atoms with Crippen LogP contribution in [-0.4, -0.2) is 42.8 Å². The van der Waals surface area contributed by atoms with Crippen molar-refractivity contribution in [3.05, 3.63) is 35.6 Å². The van der Waals surface area contributed by atoms with Gasteiger partial charge in [0.05, 0.1) is 6.61 Å². The van der Waals surface area contributed by atoms with Crippen molar-refractivity contribution in [3.8, 4) is 0 Å². The average molecular weight is 354 g/mol. The summed E-state index contributed by atoms with van der Waals surface area (Å²) in [6.45, 7) is 3.52. The quantitative estimate of drug-likeness (QED) is 0.600. The van der Waals surface area contributed by atoms with Crippen molar-refractivity contribution in [2.24, 2.45) is 0 Å². The molecule has 0 radical (unpaired) electrons. The van der Waals surface area contributed by atoms with Crippen LogP contribution in [-0.2, 0) is 33.3 Å². The number of esters is 3. The summed E-state index contributed by atoms with van der Waals surface area (Å²) in [6, 6.07) is 5.44. The molecule has 1 aromatic rings. The Balaban J connectivity index is 2.36. The molecule has 7 nitrogen and oxygen atoms in total. The van der Waals surface area contributed by atoms with Gasteiger partial charge in [-0.1, -0.05) is 12.1 Å². The lowest BCUT2D eigenvalue weighted by Gasteiger charge is -2.40. The summed E-state index contributed by atoms with van der Waals surface area (Å²) in [5, 5.41) is 0. The maximum Gasteiger partial charge on any atom is 0.303 e. The fourth-order valence-corrected chi connectivity index (χ4v) is 2.68. The van der Waals surface area contributed by atoms with Gasteiger partial charge >= 0.3 is 17.9 Å². The fraction of sp³-hybridized carbons (Fsp3) is 0.471. The summed E-state index contributed by atoms with van der Waals surface area (Å²) in [5.41, 5.74) is 0.533. The molecule has 4 atom stereocenters. The predicted octanol–water partition coefficient (Wildman–Crippen LogP) is 1.69. The van der Waals surface area contributed by atoms with E-state index in [1.807, 2.05) is 0 Å². The third-order valence-corrected chi connectivity index (χ3v) is 3.55. The molecular formula is C17H19FO7. The van der Waals surface area contributed by atoms with Crippen molar-refractivity contribution in [1.82, 2.24) is 0 Å². The highest BCUT2D eigenvalue weighted by atomic mass is 19.1. The Bertz CT molecular complexity index is 643. The Morgan fingerprint density at radius 1 is 0.920 bits per heavy atom. The van der Waals surface area contributed by atoms with Crippen LogP contribution in [0.4, 0.5) is 4.39 Å². The Morgan fingerprint density at radius 3 is 1.96 bits per heavy atom. The minimum Gasteiger partial charge on any atom is -0.456 e. The lowest BCUT2D eigenvalue weighted by molar-refractivity contribution is -0.227. The Labute approximate surface area is 144 Å². The van der Waals surface area contributed by atoms with E-state index in [1.165, 1.54) is 45.0 Å². The molecule has 1 aliphatic rings. The molecule has 1 aromatic carbocycles. The van der Waals surface area contributed by atoms with E-state index in [4.69, 9.17) is 18.9 Å². The van der Waals surface area contributed by atoms with Gasteiger partial charge < -0.3 is 18.9 Å². The predicted molar refractivity (Wildman–Crippen MR) is 81.8 cm³/mol. The molecule has 0 unspecified atom stereocenters. The second-order valence-corrected chi connectivity index (χ2v) is 5.60. The van der Waals surface area contributed by atoms with E-state index in [0.29, 0.717) is 5.56 Å². The minimum atomic E-state index is -1.05. The zero-order valence-corrected chi connectivity index (χ0v) is 14.1. The van der Waals surface area contributed by atoms with E-state index in [9.17, 15) is 18.8 Å². The lowest BCUT2D eigenvalue weighted by atomic mass is 9.94. The van der Waals surface area contributed by atoms with Crippen molar-refractivity contribution in [2.45, 2.75) is 45.2 Å². The molecule has 0 aromatic heterocycles. The molecule has 0 aliphatic carbocycles. The van der Waals surface area contributed by atoms with Gasteiger partial charge in [0.2, 0.25) is 0 Å². The van der Waals surface area contributed by atoms with Crippen LogP contribution in [0.3, 0.4) is 0 Å². The first-order valence-electron chi connectivity index (χ1n) is 7.66. The topological polar surface area (TPSA) is 88.1 Å². The van der Waals surface area contributed by atoms with Crippen LogP contribution < -0.4 is 0 Å². The largest absolute Gasteiger partial charge is 0.456 e. The summed E-state index contributed by atoms with van der Waals surface area (Å²) < 4.78 is 34.5. The first-order valence-corrected chi connectivity index (χ1v) is 7.66. The molecule has 0 bridgehead atoms. The summed E-state index contributed by atoms with van der Waals surface area (Å²) in [7, 11) is 0. The van der Waals surface area contributed by atoms with Crippen LogP contribution in [0.2, 0.25) is 0 Å². The van der Waals surface area contributed by atoms with Gasteiger partial charge in [0.1, 0.15) is 11.9 Å². The number of benzene rings is 1. The zero-order chi connectivity index (χ0) is 18.6. The molecule has 136 valence electrons. The van der Waals surface area contributed by atoms with E-state index in [-0.39, 0.29) is 6.61 Å². The summed E-state index contributed by atoms with van der Waals surface area (Å²) in [5.74, 6) is -2.27. The molecule has 2 rings (SSSR count). The molecule has 1 aliphatic heterocycles. The molecule has 0 N–H and O–H groups in total. The maximum atomic E-state index is 13.2. The van der Waals surface area contributed by atoms with Crippen LogP contribution in [0.25, 0.3) is 0 Å². The number of rotatable bonds is 4. The highest BCUT2D eigenvalue weighted by Gasteiger charge is 2.47. The molecule has 1 saturated heterocycles. The Hall–Kier alpha value is -2.48. The second-order valence-electron chi connectivity index (χ2n) is 5.60. The molecule has 0 amide bonds. The molecule has 25 heavy (non-hydrogen) atoms. The number of hydrogen-bond donors (Lipinski definition) is 0. The monoisotopic (exact) mass is 354 g/mol. The molecule has 1 heterocycles. The highest BCUT2D eigenvalue weighted by molar-refractivity contribution is 5.68. The van der Waals surface area contributed by atoms with Crippen LogP contribution >= 0.6 is 0 Å². The number of ether oxygens (including phenoxy) is 4. The van der Waals surface area contributed by atoms with Crippen LogP contribution in [0.1, 0.15) is 32.4 Å². The van der Waals surface area contributed by atoms with E-state index in [2.05, 4.69) is 0 Å². The van der Waals surface area contributed by atoms with Gasteiger partial charge in [-0.3, -0.25) is 14.4 Å². The number of halogens is 1. The summed E-state index contributed by atoms with van der Waals surface area (Å²) in [4.78, 5) is 34.3. The van der Waals surface area contributed by atoms with Gasteiger partial charge in [-0.05, 0) is 17.7 Å². The number of carbonyl (C=O) groups excluding carboxylic acids is 3. The minimum absolute atomic E-state index is 0.0721. The zero-order valence-electron chi connectivity index (χ0n) is 14.1. The van der Waals surface area contributed by atoms with Crippen molar-refractivity contribution < 1.29 is 37.7 Å². The van der Waals surface area contributed by atoms with Gasteiger partial charge in [0.25, 0.3) is 0 Å². The van der Waals surface area contributed by atoms with Gasteiger partial charge in [-0.2, -0.15) is 0 Å². The van der Waals surface area contributed by atoms with Gasteiger partial charge in [-0.25, -0.2) is 4.39 Å². The third-order valence-electron chi connectivity index (χ3n) is 3.55. The first kappa shape index (κ1) is 18.9. The fourth-order valence-electron chi connectivity index (χ4n) is 2.68. The van der Waals surface area contributed by atoms with Crippen LogP contribution in [0.15, 0.2) is 24.3 Å². The Morgan fingerprint density at radius 2 is 1.44 bits per heavy atom. The average Bonchev–Trinajstić information content (AvgIpc) is 2.50. The SMILES string of the molecule is CC(=O)O[C@@H]1[C@H](OC(C)=O)[C@H](OC(C)=O)CO[C@H]1c1ccc(F)cc1. The third kappa shape index (κ3) is 4.99. The van der Waals surface area contributed by atoms with E-state index in [1.54, 1.807) is 0 Å². The van der Waals surface area contributed by atoms with E-state index in [0.717, 1.165) is 0 Å². The number of carbonyl (C=O) groups is 3. The Kier molecular flexibility index (Phi) is 6.08. The van der Waals surface area contributed by atoms with Gasteiger partial charge in [-0.15, -0.1) is 0 Å². The maximum absolute atomic E-state index is 13.2. The molecule has 0 spiro atoms. The van der Waals surface area contributed by atoms with Crippen molar-refractivity contribution in [2.75, 3.05) is 6.61 Å². The van der Waals surface area contributed by atoms with E-state index < -0.39 is 48.1 Å². The van der Waals surface area contributed by atoms with Gasteiger partial charge in [0.15, 0.2) is 18.3 Å². The van der Waals surface area contributed by atoms with Crippen molar-refractivity contribution in [1.29, 1.82) is 0 Å². The van der Waals surface area contributed by atoms with Crippen LogP contribution in [0, 0.1) is 5.82 Å². The van der Waals surface area contributed by atoms with E-state index >= 15 is 0 Å². The summed E-state index contributed by atoms with van der Waals surface area (Å²) >= 11 is 0. The molecular weight excluding hydrogens is 335 g/mol. The number of hydrogen-bond acceptors (Lipinski definition) is 7. The van der Waals surface area contributed by atoms with Crippen molar-refractivity contribution in [3.63, 3.8) is 0 Å². The second kappa shape index (κ2) is 8.06. The van der Waals surface area contributed by atoms with Crippen LogP contribution in [0.5, 0.6) is 0 Å². The molecule has 1 fully saturated rings. The molecule has 8 heteroatoms. The smallest absolute Gasteiger partial charge is 0.303 e. The first-order chi connectivity index (χ1) is 11.8. The van der Waals surface area contributed by atoms with Crippen molar-refractivity contribution >= 4 is 17.9 Å². The standard InChI is InChI=1S/C17H19FO7/c1-9(19)23-14-8-22-15(12-4-6-13(18)7-5-12)17(25-11(3)21)16(14)24-10(2)20/h4-7,14-17H,8H2,1-3H3/t14-,15+,16-,17+/m1/s1. The summed E-state index contributed by atoms with van der Waals surface area (Å²) in [6.07, 6.45) is -3.83. The van der Waals surface area contributed by atoms with Gasteiger partial charge in [0, 0.05) is 20.8 Å². The molecule has 0 saturated carbocycles.